The average Bonchev–Trinajstić information content (AvgIpc) is 2.12. The Morgan fingerprint density at radius 2 is 2.00 bits per heavy atom. The van der Waals surface area contributed by atoms with Crippen LogP contribution in [0.25, 0.3) is 0 Å². The monoisotopic (exact) mass is 209 g/mol. The van der Waals surface area contributed by atoms with Gasteiger partial charge < -0.3 is 4.90 Å². The van der Waals surface area contributed by atoms with Gasteiger partial charge in [-0.15, -0.1) is 6.42 Å². The second kappa shape index (κ2) is 5.80. The Labute approximate surface area is 94.0 Å². The van der Waals surface area contributed by atoms with Crippen molar-refractivity contribution in [2.75, 3.05) is 13.1 Å². The summed E-state index contributed by atoms with van der Waals surface area (Å²) >= 11 is 0. The van der Waals surface area contributed by atoms with Gasteiger partial charge in [-0.05, 0) is 18.3 Å². The second-order valence-electron chi connectivity index (χ2n) is 5.08. The molecular weight excluding hydrogens is 186 g/mol. The van der Waals surface area contributed by atoms with Crippen molar-refractivity contribution in [3.8, 4) is 12.3 Å². The van der Waals surface area contributed by atoms with Gasteiger partial charge in [-0.25, -0.2) is 0 Å². The molecule has 0 N–H and O–H groups in total. The van der Waals surface area contributed by atoms with Crippen LogP contribution in [0.15, 0.2) is 0 Å². The molecule has 0 saturated heterocycles. The smallest absolute Gasteiger partial charge is 0.223 e. The molecule has 0 aliphatic heterocycles. The fourth-order valence-corrected chi connectivity index (χ4v) is 1.18. The van der Waals surface area contributed by atoms with Crippen molar-refractivity contribution < 1.29 is 4.79 Å². The Bertz CT molecular complexity index is 244. The minimum absolute atomic E-state index is 0.165. The van der Waals surface area contributed by atoms with E-state index in [0.717, 1.165) is 0 Å². The molecule has 0 aromatic rings. The normalized spacial score (nSPS) is 13.1. The lowest BCUT2D eigenvalue weighted by atomic mass is 9.80. The van der Waals surface area contributed by atoms with E-state index in [4.69, 9.17) is 6.42 Å². The van der Waals surface area contributed by atoms with Crippen LogP contribution in [-0.2, 0) is 4.79 Å². The van der Waals surface area contributed by atoms with Crippen molar-refractivity contribution in [2.24, 2.45) is 11.3 Å². The molecule has 0 bridgehead atoms. The standard InChI is InChI=1S/C13H23NO/c1-7-9-14(8-2)12(15)10-11(3)13(4,5)6/h1,11H,8-10H2,2-6H3. The van der Waals surface area contributed by atoms with Crippen molar-refractivity contribution in [1.29, 1.82) is 0 Å². The Morgan fingerprint density at radius 3 is 2.33 bits per heavy atom. The number of rotatable bonds is 4. The van der Waals surface area contributed by atoms with Crippen LogP contribution in [0, 0.1) is 23.7 Å². The maximum Gasteiger partial charge on any atom is 0.223 e. The summed E-state index contributed by atoms with van der Waals surface area (Å²) in [6, 6.07) is 0. The molecule has 0 spiro atoms. The highest BCUT2D eigenvalue weighted by atomic mass is 16.2. The molecule has 0 saturated carbocycles. The van der Waals surface area contributed by atoms with E-state index < -0.39 is 0 Å². The molecule has 0 aliphatic carbocycles. The summed E-state index contributed by atoms with van der Waals surface area (Å²) in [6.45, 7) is 11.7. The Morgan fingerprint density at radius 1 is 1.47 bits per heavy atom. The van der Waals surface area contributed by atoms with E-state index in [-0.39, 0.29) is 11.3 Å². The van der Waals surface area contributed by atoms with E-state index >= 15 is 0 Å². The highest BCUT2D eigenvalue weighted by molar-refractivity contribution is 5.76. The van der Waals surface area contributed by atoms with Gasteiger partial charge in [-0.3, -0.25) is 4.79 Å². The minimum atomic E-state index is 0.165. The maximum atomic E-state index is 11.9. The molecule has 86 valence electrons. The predicted octanol–water partition coefficient (Wildman–Crippen LogP) is 2.54. The first kappa shape index (κ1) is 14.0. The molecule has 1 atom stereocenters. The predicted molar refractivity (Wildman–Crippen MR) is 64.3 cm³/mol. The van der Waals surface area contributed by atoms with Gasteiger partial charge in [0.2, 0.25) is 5.91 Å². The number of carbonyl (C=O) groups excluding carboxylic acids is 1. The van der Waals surface area contributed by atoms with Crippen LogP contribution in [0.3, 0.4) is 0 Å². The molecule has 0 radical (unpaired) electrons. The number of amides is 1. The molecule has 0 aliphatic rings. The lowest BCUT2D eigenvalue weighted by Crippen LogP contribution is -2.34. The first-order chi connectivity index (χ1) is 6.82. The van der Waals surface area contributed by atoms with E-state index in [2.05, 4.69) is 33.6 Å². The molecular formula is C13H23NO. The number of hydrogen-bond donors (Lipinski definition) is 0. The summed E-state index contributed by atoms with van der Waals surface area (Å²) in [5.74, 6) is 3.05. The number of carbonyl (C=O) groups is 1. The van der Waals surface area contributed by atoms with Crippen LogP contribution < -0.4 is 0 Å². The minimum Gasteiger partial charge on any atom is -0.332 e. The summed E-state index contributed by atoms with van der Waals surface area (Å²) in [7, 11) is 0. The largest absolute Gasteiger partial charge is 0.332 e. The van der Waals surface area contributed by atoms with Crippen molar-refractivity contribution >= 4 is 5.91 Å². The lowest BCUT2D eigenvalue weighted by Gasteiger charge is -2.28. The summed E-state index contributed by atoms with van der Waals surface area (Å²) in [5, 5.41) is 0. The molecule has 0 fully saturated rings. The fraction of sp³-hybridized carbons (Fsp3) is 0.769. The van der Waals surface area contributed by atoms with Crippen LogP contribution in [0.4, 0.5) is 0 Å². The van der Waals surface area contributed by atoms with E-state index in [1.54, 1.807) is 4.90 Å². The molecule has 2 nitrogen and oxygen atoms in total. The topological polar surface area (TPSA) is 20.3 Å². The molecule has 1 unspecified atom stereocenters. The molecule has 0 aromatic heterocycles. The number of hydrogen-bond acceptors (Lipinski definition) is 1. The Balaban J connectivity index is 4.30. The van der Waals surface area contributed by atoms with Crippen LogP contribution in [0.1, 0.15) is 41.0 Å². The molecule has 15 heavy (non-hydrogen) atoms. The van der Waals surface area contributed by atoms with Gasteiger partial charge in [0.05, 0.1) is 6.54 Å². The third-order valence-corrected chi connectivity index (χ3v) is 2.98. The molecule has 1 amide bonds. The van der Waals surface area contributed by atoms with Crippen LogP contribution in [-0.4, -0.2) is 23.9 Å². The van der Waals surface area contributed by atoms with Crippen LogP contribution >= 0.6 is 0 Å². The third kappa shape index (κ3) is 4.88. The number of nitrogens with zero attached hydrogens (tertiary/aromatic N) is 1. The highest BCUT2D eigenvalue weighted by Gasteiger charge is 2.24. The van der Waals surface area contributed by atoms with Crippen molar-refractivity contribution in [3.63, 3.8) is 0 Å². The van der Waals surface area contributed by atoms with Gasteiger partial charge in [0, 0.05) is 13.0 Å². The van der Waals surface area contributed by atoms with Gasteiger partial charge in [-0.1, -0.05) is 33.6 Å². The van der Waals surface area contributed by atoms with Gasteiger partial charge in [0.1, 0.15) is 0 Å². The SMILES string of the molecule is C#CCN(CC)C(=O)CC(C)C(C)(C)C. The molecule has 0 aromatic carbocycles. The maximum absolute atomic E-state index is 11.9. The summed E-state index contributed by atoms with van der Waals surface area (Å²) in [4.78, 5) is 13.6. The van der Waals surface area contributed by atoms with Crippen LogP contribution in [0.2, 0.25) is 0 Å². The molecule has 0 heterocycles. The zero-order valence-electron chi connectivity index (χ0n) is 10.6. The molecule has 0 rings (SSSR count). The summed E-state index contributed by atoms with van der Waals surface area (Å²) in [6.07, 6.45) is 5.80. The lowest BCUT2D eigenvalue weighted by molar-refractivity contribution is -0.132. The summed E-state index contributed by atoms with van der Waals surface area (Å²) < 4.78 is 0. The summed E-state index contributed by atoms with van der Waals surface area (Å²) in [5.41, 5.74) is 0.172. The first-order valence-electron chi connectivity index (χ1n) is 5.54. The van der Waals surface area contributed by atoms with E-state index in [1.807, 2.05) is 6.92 Å². The van der Waals surface area contributed by atoms with E-state index in [1.165, 1.54) is 0 Å². The zero-order valence-corrected chi connectivity index (χ0v) is 10.6. The Kier molecular flexibility index (Phi) is 5.43. The zero-order chi connectivity index (χ0) is 12.1. The van der Waals surface area contributed by atoms with Gasteiger partial charge in [0.15, 0.2) is 0 Å². The van der Waals surface area contributed by atoms with Crippen LogP contribution in [0.5, 0.6) is 0 Å². The number of terminal acetylenes is 1. The van der Waals surface area contributed by atoms with Crippen molar-refractivity contribution in [3.05, 3.63) is 0 Å². The van der Waals surface area contributed by atoms with Crippen molar-refractivity contribution in [2.45, 2.75) is 41.0 Å². The van der Waals surface area contributed by atoms with E-state index in [9.17, 15) is 4.79 Å². The highest BCUT2D eigenvalue weighted by Crippen LogP contribution is 2.28. The fourth-order valence-electron chi connectivity index (χ4n) is 1.18. The van der Waals surface area contributed by atoms with Gasteiger partial charge in [0.25, 0.3) is 0 Å². The third-order valence-electron chi connectivity index (χ3n) is 2.98. The Hall–Kier alpha value is -0.970. The second-order valence-corrected chi connectivity index (χ2v) is 5.08. The molecule has 2 heteroatoms. The average molecular weight is 209 g/mol. The van der Waals surface area contributed by atoms with Gasteiger partial charge >= 0.3 is 0 Å². The quantitative estimate of drug-likeness (QED) is 0.652. The van der Waals surface area contributed by atoms with Crippen molar-refractivity contribution in [1.82, 2.24) is 4.90 Å². The first-order valence-corrected chi connectivity index (χ1v) is 5.54. The van der Waals surface area contributed by atoms with Gasteiger partial charge in [-0.2, -0.15) is 0 Å². The van der Waals surface area contributed by atoms with E-state index in [0.29, 0.717) is 25.4 Å².